The van der Waals surface area contributed by atoms with E-state index in [1.165, 1.54) is 14.2 Å². The fourth-order valence-electron chi connectivity index (χ4n) is 2.21. The molecular formula is C20H36N2O6S2. The van der Waals surface area contributed by atoms with E-state index in [-0.39, 0.29) is 35.6 Å². The Kier molecular flexibility index (Phi) is 17.5. The van der Waals surface area contributed by atoms with Gasteiger partial charge in [0.05, 0.1) is 27.1 Å². The molecule has 10 heteroatoms. The van der Waals surface area contributed by atoms with E-state index in [4.69, 9.17) is 0 Å². The highest BCUT2D eigenvalue weighted by Gasteiger charge is 2.14. The standard InChI is InChI=1S/C20H36N2O6S2/c1-15(13-29-11-7-17(23)27-3)19(25)21-9-5-6-10-22-20(26)16(2)14-30-12-8-18(24)28-4/h15-16H,5-14H2,1-4H3,(H,21,25)(H,22,26). The number of carbonyl (C=O) groups is 4. The molecule has 0 aliphatic heterocycles. The van der Waals surface area contributed by atoms with Gasteiger partial charge in [0.2, 0.25) is 11.8 Å². The molecule has 0 aliphatic carbocycles. The first-order chi connectivity index (χ1) is 14.3. The molecule has 0 heterocycles. The summed E-state index contributed by atoms with van der Waals surface area (Å²) in [6.45, 7) is 4.88. The molecule has 0 spiro atoms. The average molecular weight is 465 g/mol. The van der Waals surface area contributed by atoms with Crippen molar-refractivity contribution < 1.29 is 28.7 Å². The van der Waals surface area contributed by atoms with Crippen molar-refractivity contribution >= 4 is 47.3 Å². The van der Waals surface area contributed by atoms with E-state index in [9.17, 15) is 19.2 Å². The molecule has 0 aliphatic rings. The molecule has 2 N–H and O–H groups in total. The Labute approximate surface area is 188 Å². The Balaban J connectivity index is 3.67. The van der Waals surface area contributed by atoms with Crippen molar-refractivity contribution in [1.82, 2.24) is 10.6 Å². The monoisotopic (exact) mass is 464 g/mol. The fourth-order valence-corrected chi connectivity index (χ4v) is 4.17. The molecule has 0 radical (unpaired) electrons. The van der Waals surface area contributed by atoms with Gasteiger partial charge in [-0.15, -0.1) is 0 Å². The van der Waals surface area contributed by atoms with Crippen LogP contribution in [-0.4, -0.2) is 74.1 Å². The van der Waals surface area contributed by atoms with E-state index in [2.05, 4.69) is 20.1 Å². The Morgan fingerprint density at radius 1 is 0.733 bits per heavy atom. The van der Waals surface area contributed by atoms with E-state index >= 15 is 0 Å². The molecule has 174 valence electrons. The Bertz CT molecular complexity index is 487. The zero-order valence-corrected chi connectivity index (χ0v) is 20.1. The zero-order chi connectivity index (χ0) is 22.8. The number of hydrogen-bond donors (Lipinski definition) is 2. The van der Waals surface area contributed by atoms with Crippen LogP contribution in [0.4, 0.5) is 0 Å². The Morgan fingerprint density at radius 2 is 1.10 bits per heavy atom. The number of methoxy groups -OCH3 is 2. The molecule has 0 bridgehead atoms. The minimum absolute atomic E-state index is 0.00204. The van der Waals surface area contributed by atoms with Crippen LogP contribution >= 0.6 is 23.5 Å². The summed E-state index contributed by atoms with van der Waals surface area (Å²) in [5.74, 6) is 1.90. The number of ether oxygens (including phenoxy) is 2. The number of rotatable bonds is 17. The van der Waals surface area contributed by atoms with Gasteiger partial charge in [-0.3, -0.25) is 19.2 Å². The third kappa shape index (κ3) is 15.4. The smallest absolute Gasteiger partial charge is 0.306 e. The highest BCUT2D eigenvalue weighted by Crippen LogP contribution is 2.11. The highest BCUT2D eigenvalue weighted by atomic mass is 32.2. The van der Waals surface area contributed by atoms with Crippen LogP contribution in [-0.2, 0) is 28.7 Å². The van der Waals surface area contributed by atoms with Crippen molar-refractivity contribution in [1.29, 1.82) is 0 Å². The second-order valence-corrected chi connectivity index (χ2v) is 9.19. The van der Waals surface area contributed by atoms with Crippen LogP contribution < -0.4 is 10.6 Å². The maximum atomic E-state index is 12.0. The van der Waals surface area contributed by atoms with Crippen LogP contribution in [0.2, 0.25) is 0 Å². The van der Waals surface area contributed by atoms with Gasteiger partial charge >= 0.3 is 11.9 Å². The number of hydrogen-bond acceptors (Lipinski definition) is 8. The summed E-state index contributed by atoms with van der Waals surface area (Å²) in [6.07, 6.45) is 2.28. The van der Waals surface area contributed by atoms with Crippen molar-refractivity contribution in [2.24, 2.45) is 11.8 Å². The maximum absolute atomic E-state index is 12.0. The zero-order valence-electron chi connectivity index (χ0n) is 18.5. The van der Waals surface area contributed by atoms with E-state index < -0.39 is 0 Å². The second kappa shape index (κ2) is 18.4. The molecule has 30 heavy (non-hydrogen) atoms. The summed E-state index contributed by atoms with van der Waals surface area (Å²) in [7, 11) is 2.73. The quantitative estimate of drug-likeness (QED) is 0.248. The van der Waals surface area contributed by atoms with Gasteiger partial charge in [0.25, 0.3) is 0 Å². The van der Waals surface area contributed by atoms with Crippen LogP contribution in [0.25, 0.3) is 0 Å². The molecule has 0 saturated carbocycles. The summed E-state index contributed by atoms with van der Waals surface area (Å²) in [5.41, 5.74) is 0. The Morgan fingerprint density at radius 3 is 1.43 bits per heavy atom. The Hall–Kier alpha value is -1.42. The summed E-state index contributed by atoms with van der Waals surface area (Å²) >= 11 is 3.12. The first-order valence-corrected chi connectivity index (χ1v) is 12.5. The van der Waals surface area contributed by atoms with Crippen molar-refractivity contribution in [3.63, 3.8) is 0 Å². The van der Waals surface area contributed by atoms with Crippen LogP contribution in [0, 0.1) is 11.8 Å². The highest BCUT2D eigenvalue weighted by molar-refractivity contribution is 7.99. The van der Waals surface area contributed by atoms with Crippen LogP contribution in [0.5, 0.6) is 0 Å². The SMILES string of the molecule is COC(=O)CCSCC(C)C(=O)NCCCCNC(=O)C(C)CSCCC(=O)OC. The topological polar surface area (TPSA) is 111 Å². The number of esters is 2. The van der Waals surface area contributed by atoms with Crippen LogP contribution in [0.15, 0.2) is 0 Å². The average Bonchev–Trinajstić information content (AvgIpc) is 2.75. The number of unbranched alkanes of at least 4 members (excludes halogenated alkanes) is 1. The lowest BCUT2D eigenvalue weighted by molar-refractivity contribution is -0.141. The van der Waals surface area contributed by atoms with Gasteiger partial charge in [-0.2, -0.15) is 23.5 Å². The lowest BCUT2D eigenvalue weighted by atomic mass is 10.2. The van der Waals surface area contributed by atoms with E-state index in [1.807, 2.05) is 13.8 Å². The minimum Gasteiger partial charge on any atom is -0.469 e. The summed E-state index contributed by atoms with van der Waals surface area (Å²) in [4.78, 5) is 46.1. The normalized spacial score (nSPS) is 12.5. The lowest BCUT2D eigenvalue weighted by Crippen LogP contribution is -2.33. The number of nitrogens with one attached hydrogen (secondary N) is 2. The minimum atomic E-state index is -0.238. The van der Waals surface area contributed by atoms with Crippen LogP contribution in [0.1, 0.15) is 39.5 Å². The molecule has 2 unspecified atom stereocenters. The van der Waals surface area contributed by atoms with Gasteiger partial charge in [-0.05, 0) is 12.8 Å². The molecule has 0 fully saturated rings. The fraction of sp³-hybridized carbons (Fsp3) is 0.800. The molecular weight excluding hydrogens is 428 g/mol. The van der Waals surface area contributed by atoms with Gasteiger partial charge < -0.3 is 20.1 Å². The van der Waals surface area contributed by atoms with Crippen molar-refractivity contribution in [2.75, 3.05) is 50.3 Å². The van der Waals surface area contributed by atoms with Gasteiger partial charge in [-0.1, -0.05) is 13.8 Å². The molecule has 2 amide bonds. The van der Waals surface area contributed by atoms with E-state index in [0.29, 0.717) is 48.9 Å². The molecule has 0 saturated heterocycles. The van der Waals surface area contributed by atoms with Gasteiger partial charge in [0, 0.05) is 47.9 Å². The molecule has 2 atom stereocenters. The van der Waals surface area contributed by atoms with Crippen molar-refractivity contribution in [3.05, 3.63) is 0 Å². The second-order valence-electron chi connectivity index (χ2n) is 6.89. The van der Waals surface area contributed by atoms with Gasteiger partial charge in [0.1, 0.15) is 0 Å². The predicted octanol–water partition coefficient (Wildman–Crippen LogP) is 1.86. The molecule has 0 aromatic carbocycles. The number of thioether (sulfide) groups is 2. The third-order valence-corrected chi connectivity index (χ3v) is 6.65. The summed E-state index contributed by atoms with van der Waals surface area (Å²) in [5, 5.41) is 5.81. The molecule has 0 aromatic rings. The van der Waals surface area contributed by atoms with Gasteiger partial charge in [-0.25, -0.2) is 0 Å². The summed E-state index contributed by atoms with van der Waals surface area (Å²) in [6, 6.07) is 0. The first-order valence-electron chi connectivity index (χ1n) is 10.2. The molecule has 0 aromatic heterocycles. The summed E-state index contributed by atoms with van der Waals surface area (Å²) < 4.78 is 9.15. The lowest BCUT2D eigenvalue weighted by Gasteiger charge is -2.13. The van der Waals surface area contributed by atoms with Gasteiger partial charge in [0.15, 0.2) is 0 Å². The predicted molar refractivity (Wildman–Crippen MR) is 121 cm³/mol. The number of amides is 2. The first kappa shape index (κ1) is 28.6. The van der Waals surface area contributed by atoms with Crippen molar-refractivity contribution in [3.8, 4) is 0 Å². The molecule has 8 nitrogen and oxygen atoms in total. The van der Waals surface area contributed by atoms with E-state index in [0.717, 1.165) is 12.8 Å². The van der Waals surface area contributed by atoms with Crippen LogP contribution in [0.3, 0.4) is 0 Å². The maximum Gasteiger partial charge on any atom is 0.306 e. The van der Waals surface area contributed by atoms with Crippen molar-refractivity contribution in [2.45, 2.75) is 39.5 Å². The number of carbonyl (C=O) groups excluding carboxylic acids is 4. The largest absolute Gasteiger partial charge is 0.469 e. The third-order valence-electron chi connectivity index (χ3n) is 4.19. The van der Waals surface area contributed by atoms with E-state index in [1.54, 1.807) is 23.5 Å². The molecule has 0 rings (SSSR count).